The number of aryl methyl sites for hydroxylation is 1. The fourth-order valence-electron chi connectivity index (χ4n) is 4.81. The molecule has 8 nitrogen and oxygen atoms in total. The van der Waals surface area contributed by atoms with Gasteiger partial charge in [-0.1, -0.05) is 12.1 Å². The maximum Gasteiger partial charge on any atom is 0.311 e. The summed E-state index contributed by atoms with van der Waals surface area (Å²) in [6.45, 7) is 1.91. The van der Waals surface area contributed by atoms with Crippen LogP contribution >= 0.6 is 0 Å². The smallest absolute Gasteiger partial charge is 0.311 e. The number of carbonyl (C=O) groups is 2. The van der Waals surface area contributed by atoms with Gasteiger partial charge in [0.2, 0.25) is 17.6 Å². The first-order valence-electron chi connectivity index (χ1n) is 9.82. The first-order valence-corrected chi connectivity index (χ1v) is 9.82. The van der Waals surface area contributed by atoms with Crippen molar-refractivity contribution in [2.75, 3.05) is 0 Å². The van der Waals surface area contributed by atoms with E-state index in [0.717, 1.165) is 18.4 Å². The van der Waals surface area contributed by atoms with Gasteiger partial charge in [0.15, 0.2) is 0 Å². The lowest BCUT2D eigenvalue weighted by molar-refractivity contribution is -0.151. The van der Waals surface area contributed by atoms with E-state index in [-0.39, 0.29) is 18.0 Å². The molecule has 0 aliphatic carbocycles. The first-order chi connectivity index (χ1) is 13.5. The SMILES string of the molecule is CC[C@@]1(C(=O)O)C[C@@H]2CC[C@H]1N2C(=O)CCCc1nc(-c2cccnc2)no1. The van der Waals surface area contributed by atoms with Crippen LogP contribution in [0.5, 0.6) is 0 Å². The van der Waals surface area contributed by atoms with Gasteiger partial charge in [-0.05, 0) is 44.2 Å². The summed E-state index contributed by atoms with van der Waals surface area (Å²) < 4.78 is 5.27. The van der Waals surface area contributed by atoms with Gasteiger partial charge in [-0.15, -0.1) is 0 Å². The standard InChI is InChI=1S/C20H24N4O4/c1-2-20(19(26)27)11-14-8-9-15(20)24(14)17(25)7-3-6-16-22-18(23-28-16)13-5-4-10-21-12-13/h4-5,10,12,14-15H,2-3,6-9,11H2,1H3,(H,26,27)/t14-,15+,20+/m0/s1. The fourth-order valence-corrected chi connectivity index (χ4v) is 4.81. The van der Waals surface area contributed by atoms with Crippen LogP contribution in [0.3, 0.4) is 0 Å². The molecule has 2 aromatic rings. The van der Waals surface area contributed by atoms with Gasteiger partial charge in [-0.3, -0.25) is 14.6 Å². The van der Waals surface area contributed by atoms with Crippen molar-refractivity contribution < 1.29 is 19.2 Å². The molecule has 8 heteroatoms. The van der Waals surface area contributed by atoms with Crippen molar-refractivity contribution in [3.05, 3.63) is 30.4 Å². The number of carboxylic acid groups (broad SMARTS) is 1. The normalized spacial score (nSPS) is 26.0. The van der Waals surface area contributed by atoms with Gasteiger partial charge in [0.1, 0.15) is 0 Å². The third-order valence-corrected chi connectivity index (χ3v) is 6.25. The van der Waals surface area contributed by atoms with Crippen molar-refractivity contribution in [2.24, 2.45) is 5.41 Å². The highest BCUT2D eigenvalue weighted by Crippen LogP contribution is 2.52. The average Bonchev–Trinajstić information content (AvgIpc) is 3.42. The molecule has 0 unspecified atom stereocenters. The molecule has 1 amide bonds. The quantitative estimate of drug-likeness (QED) is 0.781. The van der Waals surface area contributed by atoms with E-state index in [4.69, 9.17) is 4.52 Å². The number of carbonyl (C=O) groups excluding carboxylic acids is 1. The Kier molecular flexibility index (Phi) is 4.87. The second-order valence-electron chi connectivity index (χ2n) is 7.67. The van der Waals surface area contributed by atoms with Crippen molar-refractivity contribution in [1.82, 2.24) is 20.0 Å². The van der Waals surface area contributed by atoms with Crippen LogP contribution in [0.4, 0.5) is 0 Å². The van der Waals surface area contributed by atoms with Crippen LogP contribution in [0.25, 0.3) is 11.4 Å². The summed E-state index contributed by atoms with van der Waals surface area (Å²) in [4.78, 5) is 34.9. The van der Waals surface area contributed by atoms with Crippen LogP contribution in [-0.4, -0.2) is 49.1 Å². The number of hydrogen-bond donors (Lipinski definition) is 1. The zero-order chi connectivity index (χ0) is 19.7. The molecule has 2 aliphatic heterocycles. The zero-order valence-electron chi connectivity index (χ0n) is 15.9. The van der Waals surface area contributed by atoms with Gasteiger partial charge in [0.05, 0.1) is 5.41 Å². The minimum absolute atomic E-state index is 0.0380. The van der Waals surface area contributed by atoms with Crippen molar-refractivity contribution in [3.8, 4) is 11.4 Å². The molecule has 2 aliphatic rings. The van der Waals surface area contributed by atoms with Crippen molar-refractivity contribution in [2.45, 2.75) is 64.0 Å². The highest BCUT2D eigenvalue weighted by atomic mass is 16.5. The molecule has 0 saturated carbocycles. The van der Waals surface area contributed by atoms with Crippen LogP contribution in [0.2, 0.25) is 0 Å². The summed E-state index contributed by atoms with van der Waals surface area (Å²) in [5.41, 5.74) is 0.00995. The molecule has 4 rings (SSSR count). The molecule has 0 aromatic carbocycles. The highest BCUT2D eigenvalue weighted by Gasteiger charge is 2.60. The van der Waals surface area contributed by atoms with E-state index >= 15 is 0 Å². The lowest BCUT2D eigenvalue weighted by Gasteiger charge is -2.32. The molecule has 3 atom stereocenters. The Morgan fingerprint density at radius 2 is 2.25 bits per heavy atom. The number of amides is 1. The molecule has 2 fully saturated rings. The summed E-state index contributed by atoms with van der Waals surface area (Å²) >= 11 is 0. The maximum absolute atomic E-state index is 12.8. The van der Waals surface area contributed by atoms with Gasteiger partial charge >= 0.3 is 5.97 Å². The second-order valence-corrected chi connectivity index (χ2v) is 7.67. The molecule has 4 heterocycles. The van der Waals surface area contributed by atoms with Crippen LogP contribution in [0.15, 0.2) is 29.0 Å². The third kappa shape index (κ3) is 3.06. The van der Waals surface area contributed by atoms with Gasteiger partial charge in [-0.2, -0.15) is 4.98 Å². The molecule has 0 spiro atoms. The predicted octanol–water partition coefficient (Wildman–Crippen LogP) is 2.70. The van der Waals surface area contributed by atoms with Crippen LogP contribution in [0.1, 0.15) is 51.3 Å². The molecule has 28 heavy (non-hydrogen) atoms. The maximum atomic E-state index is 12.8. The number of rotatable bonds is 7. The van der Waals surface area contributed by atoms with Crippen LogP contribution in [0, 0.1) is 5.41 Å². The molecular weight excluding hydrogens is 360 g/mol. The van der Waals surface area contributed by atoms with Gasteiger partial charge in [0.25, 0.3) is 0 Å². The van der Waals surface area contributed by atoms with E-state index in [1.807, 2.05) is 24.0 Å². The highest BCUT2D eigenvalue weighted by molar-refractivity contribution is 5.82. The molecule has 0 radical (unpaired) electrons. The number of hydrogen-bond acceptors (Lipinski definition) is 6. The van der Waals surface area contributed by atoms with E-state index in [1.54, 1.807) is 12.4 Å². The Hall–Kier alpha value is -2.77. The second kappa shape index (κ2) is 7.33. The summed E-state index contributed by atoms with van der Waals surface area (Å²) in [6, 6.07) is 3.56. The third-order valence-electron chi connectivity index (χ3n) is 6.25. The Morgan fingerprint density at radius 1 is 1.39 bits per heavy atom. The van der Waals surface area contributed by atoms with E-state index in [1.165, 1.54) is 0 Å². The topological polar surface area (TPSA) is 109 Å². The number of fused-ring (bicyclic) bond motifs is 2. The Balaban J connectivity index is 1.35. The summed E-state index contributed by atoms with van der Waals surface area (Å²) in [7, 11) is 0. The molecule has 2 saturated heterocycles. The minimum Gasteiger partial charge on any atom is -0.481 e. The predicted molar refractivity (Wildman–Crippen MR) is 99.1 cm³/mol. The molecule has 2 bridgehead atoms. The number of aromatic nitrogens is 3. The number of carboxylic acids is 1. The summed E-state index contributed by atoms with van der Waals surface area (Å²) in [6.07, 6.45) is 7.65. The monoisotopic (exact) mass is 384 g/mol. The zero-order valence-corrected chi connectivity index (χ0v) is 15.9. The van der Waals surface area contributed by atoms with Crippen molar-refractivity contribution in [1.29, 1.82) is 0 Å². The summed E-state index contributed by atoms with van der Waals surface area (Å²) in [5.74, 6) is 0.246. The summed E-state index contributed by atoms with van der Waals surface area (Å²) in [5, 5.41) is 13.7. The first kappa shape index (κ1) is 18.6. The van der Waals surface area contributed by atoms with Crippen molar-refractivity contribution in [3.63, 3.8) is 0 Å². The lowest BCUT2D eigenvalue weighted by Crippen LogP contribution is -2.44. The molecule has 2 aromatic heterocycles. The molecule has 148 valence electrons. The average molecular weight is 384 g/mol. The van der Waals surface area contributed by atoms with Gasteiger partial charge in [0, 0.05) is 42.9 Å². The number of aliphatic carboxylic acids is 1. The fraction of sp³-hybridized carbons (Fsp3) is 0.550. The minimum atomic E-state index is -0.774. The Morgan fingerprint density at radius 3 is 2.93 bits per heavy atom. The molecular formula is C20H24N4O4. The Labute approximate surface area is 163 Å². The van der Waals surface area contributed by atoms with Gasteiger partial charge in [-0.25, -0.2) is 0 Å². The van der Waals surface area contributed by atoms with E-state index in [2.05, 4.69) is 15.1 Å². The van der Waals surface area contributed by atoms with Gasteiger partial charge < -0.3 is 14.5 Å². The lowest BCUT2D eigenvalue weighted by atomic mass is 9.72. The number of nitrogens with zero attached hydrogens (tertiary/aromatic N) is 4. The van der Waals surface area contributed by atoms with Crippen LogP contribution < -0.4 is 0 Å². The van der Waals surface area contributed by atoms with E-state index in [9.17, 15) is 14.7 Å². The number of pyridine rings is 1. The Bertz CT molecular complexity index is 868. The van der Waals surface area contributed by atoms with E-state index < -0.39 is 11.4 Å². The largest absolute Gasteiger partial charge is 0.481 e. The molecule has 1 N–H and O–H groups in total. The van der Waals surface area contributed by atoms with E-state index in [0.29, 0.717) is 43.8 Å². The van der Waals surface area contributed by atoms with Crippen LogP contribution in [-0.2, 0) is 16.0 Å². The van der Waals surface area contributed by atoms with Crippen molar-refractivity contribution >= 4 is 11.9 Å².